The maximum atomic E-state index is 12.9. The second kappa shape index (κ2) is 9.80. The summed E-state index contributed by atoms with van der Waals surface area (Å²) in [5, 5.41) is 2.67. The van der Waals surface area contributed by atoms with Gasteiger partial charge in [0.05, 0.1) is 12.1 Å². The van der Waals surface area contributed by atoms with Gasteiger partial charge in [-0.25, -0.2) is 0 Å². The summed E-state index contributed by atoms with van der Waals surface area (Å²) in [6, 6.07) is 5.63. The van der Waals surface area contributed by atoms with E-state index in [2.05, 4.69) is 15.1 Å². The van der Waals surface area contributed by atoms with Gasteiger partial charge in [-0.1, -0.05) is 6.07 Å². The van der Waals surface area contributed by atoms with E-state index in [0.717, 1.165) is 71.1 Å². The Balaban J connectivity index is 1.38. The minimum absolute atomic E-state index is 0.0714. The lowest BCUT2D eigenvalue weighted by atomic mass is 9.93. The summed E-state index contributed by atoms with van der Waals surface area (Å²) >= 11 is 0. The largest absolute Gasteiger partial charge is 0.416 e. The first-order valence-corrected chi connectivity index (χ1v) is 10.4. The number of rotatable bonds is 6. The molecule has 0 radical (unpaired) electrons. The Morgan fingerprint density at radius 3 is 2.38 bits per heavy atom. The van der Waals surface area contributed by atoms with Gasteiger partial charge in [-0.2, -0.15) is 13.2 Å². The van der Waals surface area contributed by atoms with Crippen LogP contribution in [0.3, 0.4) is 0 Å². The molecule has 162 valence electrons. The fraction of sp³-hybridized carbons (Fsp3) is 0.667. The summed E-state index contributed by atoms with van der Waals surface area (Å²) in [7, 11) is 1.67. The smallest absolute Gasteiger partial charge is 0.369 e. The van der Waals surface area contributed by atoms with E-state index in [9.17, 15) is 18.0 Å². The predicted octanol–water partition coefficient (Wildman–Crippen LogP) is 2.68. The number of hydrogen-bond donors (Lipinski definition) is 1. The van der Waals surface area contributed by atoms with E-state index in [4.69, 9.17) is 0 Å². The zero-order valence-electron chi connectivity index (χ0n) is 17.0. The van der Waals surface area contributed by atoms with Crippen molar-refractivity contribution < 1.29 is 18.0 Å². The van der Waals surface area contributed by atoms with Gasteiger partial charge in [0, 0.05) is 38.9 Å². The maximum absolute atomic E-state index is 12.9. The van der Waals surface area contributed by atoms with Crippen molar-refractivity contribution in [3.05, 3.63) is 29.8 Å². The van der Waals surface area contributed by atoms with E-state index in [0.29, 0.717) is 18.2 Å². The van der Waals surface area contributed by atoms with Gasteiger partial charge in [-0.05, 0) is 63.0 Å². The second-order valence-corrected chi connectivity index (χ2v) is 8.06. The molecule has 3 rings (SSSR count). The van der Waals surface area contributed by atoms with Gasteiger partial charge in [-0.15, -0.1) is 0 Å². The Morgan fingerprint density at radius 2 is 1.76 bits per heavy atom. The normalized spacial score (nSPS) is 20.1. The number of piperidine rings is 1. The highest BCUT2D eigenvalue weighted by Gasteiger charge is 2.31. The molecule has 2 heterocycles. The van der Waals surface area contributed by atoms with Crippen LogP contribution in [-0.2, 0) is 11.0 Å². The molecule has 2 aliphatic heterocycles. The molecule has 2 fully saturated rings. The van der Waals surface area contributed by atoms with Crippen LogP contribution in [0.15, 0.2) is 24.3 Å². The summed E-state index contributed by atoms with van der Waals surface area (Å²) < 4.78 is 38.8. The van der Waals surface area contributed by atoms with Crippen LogP contribution in [0, 0.1) is 5.92 Å². The summed E-state index contributed by atoms with van der Waals surface area (Å²) in [6.07, 6.45) is -0.895. The van der Waals surface area contributed by atoms with Crippen molar-refractivity contribution in [2.75, 3.05) is 64.3 Å². The minimum atomic E-state index is -4.30. The average Bonchev–Trinajstić information content (AvgIpc) is 2.73. The quantitative estimate of drug-likeness (QED) is 0.780. The molecule has 0 atom stereocenters. The summed E-state index contributed by atoms with van der Waals surface area (Å²) in [4.78, 5) is 18.1. The van der Waals surface area contributed by atoms with Crippen LogP contribution in [0.1, 0.15) is 24.8 Å². The molecule has 0 aromatic heterocycles. The molecule has 2 aliphatic rings. The Kier molecular flexibility index (Phi) is 7.40. The van der Waals surface area contributed by atoms with E-state index in [1.54, 1.807) is 13.1 Å². The molecule has 8 heteroatoms. The lowest BCUT2D eigenvalue weighted by Gasteiger charge is -2.37. The molecule has 5 nitrogen and oxygen atoms in total. The monoisotopic (exact) mass is 412 g/mol. The molecule has 2 saturated heterocycles. The lowest BCUT2D eigenvalue weighted by molar-refractivity contribution is -0.137. The fourth-order valence-corrected chi connectivity index (χ4v) is 4.19. The molecule has 1 N–H and O–H groups in total. The third-order valence-corrected chi connectivity index (χ3v) is 6.12. The van der Waals surface area contributed by atoms with Crippen molar-refractivity contribution in [2.24, 2.45) is 5.92 Å². The number of halogens is 3. The first-order valence-electron chi connectivity index (χ1n) is 10.4. The molecule has 0 unspecified atom stereocenters. The number of piperazine rings is 1. The summed E-state index contributed by atoms with van der Waals surface area (Å²) in [5.41, 5.74) is 0.0724. The minimum Gasteiger partial charge on any atom is -0.369 e. The fourth-order valence-electron chi connectivity index (χ4n) is 4.19. The third kappa shape index (κ3) is 6.34. The topological polar surface area (TPSA) is 38.8 Å². The molecule has 0 saturated carbocycles. The Morgan fingerprint density at radius 1 is 1.07 bits per heavy atom. The highest BCUT2D eigenvalue weighted by atomic mass is 19.4. The molecular weight excluding hydrogens is 381 g/mol. The Bertz CT molecular complexity index is 666. The lowest BCUT2D eigenvalue weighted by Crippen LogP contribution is -2.47. The van der Waals surface area contributed by atoms with Crippen molar-refractivity contribution in [3.8, 4) is 0 Å². The van der Waals surface area contributed by atoms with Crippen LogP contribution in [0.25, 0.3) is 0 Å². The first kappa shape index (κ1) is 21.9. The van der Waals surface area contributed by atoms with Gasteiger partial charge < -0.3 is 10.2 Å². The number of carbonyl (C=O) groups is 1. The van der Waals surface area contributed by atoms with Crippen molar-refractivity contribution in [1.29, 1.82) is 0 Å². The number of anilines is 1. The zero-order chi connectivity index (χ0) is 20.9. The van der Waals surface area contributed by atoms with Crippen LogP contribution >= 0.6 is 0 Å². The molecule has 1 amide bonds. The van der Waals surface area contributed by atoms with Crippen molar-refractivity contribution in [2.45, 2.75) is 25.4 Å². The maximum Gasteiger partial charge on any atom is 0.416 e. The van der Waals surface area contributed by atoms with Crippen molar-refractivity contribution in [1.82, 2.24) is 15.1 Å². The highest BCUT2D eigenvalue weighted by molar-refractivity contribution is 5.77. The molecule has 29 heavy (non-hydrogen) atoms. The van der Waals surface area contributed by atoms with E-state index >= 15 is 0 Å². The van der Waals surface area contributed by atoms with Crippen LogP contribution in [0.2, 0.25) is 0 Å². The van der Waals surface area contributed by atoms with E-state index in [-0.39, 0.29) is 5.91 Å². The molecule has 0 bridgehead atoms. The molecule has 0 aliphatic carbocycles. The Labute approximate surface area is 170 Å². The number of benzene rings is 1. The van der Waals surface area contributed by atoms with Gasteiger partial charge in [0.1, 0.15) is 0 Å². The molecule has 1 aromatic rings. The Hall–Kier alpha value is -1.80. The third-order valence-electron chi connectivity index (χ3n) is 6.12. The predicted molar refractivity (Wildman–Crippen MR) is 108 cm³/mol. The second-order valence-electron chi connectivity index (χ2n) is 8.06. The zero-order valence-corrected chi connectivity index (χ0v) is 17.0. The molecule has 0 spiro atoms. The van der Waals surface area contributed by atoms with Crippen molar-refractivity contribution >= 4 is 11.6 Å². The molecular formula is C21H31F3N4O. The van der Waals surface area contributed by atoms with E-state index in [1.165, 1.54) is 12.1 Å². The first-order chi connectivity index (χ1) is 13.8. The summed E-state index contributed by atoms with van der Waals surface area (Å²) in [6.45, 7) is 6.75. The van der Waals surface area contributed by atoms with Gasteiger partial charge in [0.2, 0.25) is 5.91 Å². The van der Waals surface area contributed by atoms with E-state index in [1.807, 2.05) is 4.90 Å². The van der Waals surface area contributed by atoms with Gasteiger partial charge in [0.25, 0.3) is 0 Å². The van der Waals surface area contributed by atoms with E-state index < -0.39 is 11.7 Å². The van der Waals surface area contributed by atoms with Crippen LogP contribution in [0.4, 0.5) is 18.9 Å². The number of alkyl halides is 3. The number of likely N-dealkylation sites (tertiary alicyclic amines) is 1. The number of hydrogen-bond acceptors (Lipinski definition) is 4. The van der Waals surface area contributed by atoms with Gasteiger partial charge >= 0.3 is 6.18 Å². The van der Waals surface area contributed by atoms with Crippen LogP contribution in [-0.4, -0.2) is 75.1 Å². The van der Waals surface area contributed by atoms with Gasteiger partial charge in [0.15, 0.2) is 0 Å². The summed E-state index contributed by atoms with van der Waals surface area (Å²) in [5.74, 6) is 0.763. The van der Waals surface area contributed by atoms with Crippen LogP contribution in [0.5, 0.6) is 0 Å². The molecule has 1 aromatic carbocycles. The number of carbonyl (C=O) groups excluding carboxylic acids is 1. The number of nitrogens with zero attached hydrogens (tertiary/aromatic N) is 3. The number of likely N-dealkylation sites (N-methyl/N-ethyl adjacent to an activating group) is 1. The van der Waals surface area contributed by atoms with Crippen molar-refractivity contribution in [3.63, 3.8) is 0 Å². The number of nitrogens with one attached hydrogen (secondary N) is 1. The average molecular weight is 413 g/mol. The highest BCUT2D eigenvalue weighted by Crippen LogP contribution is 2.32. The van der Waals surface area contributed by atoms with Gasteiger partial charge in [-0.3, -0.25) is 14.6 Å². The number of amides is 1. The SMILES string of the molecule is CNC(=O)CN1CCC(CCN2CCN(c3cccc(C(F)(F)F)c3)CC2)CC1. The standard InChI is InChI=1S/C21H31F3N4O/c1-25-20(29)16-27-9-6-17(7-10-27)5-8-26-11-13-28(14-12-26)19-4-2-3-18(15-19)21(22,23)24/h2-4,15,17H,5-14,16H2,1H3,(H,25,29). The van der Waals surface area contributed by atoms with Crippen LogP contribution < -0.4 is 10.2 Å².